The van der Waals surface area contributed by atoms with E-state index in [1.54, 1.807) is 0 Å². The van der Waals surface area contributed by atoms with Crippen molar-refractivity contribution < 1.29 is 9.53 Å². The molecule has 0 aromatic heterocycles. The highest BCUT2D eigenvalue weighted by Gasteiger charge is 2.01. The van der Waals surface area contributed by atoms with Gasteiger partial charge in [-0.05, 0) is 34.5 Å². The summed E-state index contributed by atoms with van der Waals surface area (Å²) in [6.07, 6.45) is 1.18. The Balaban J connectivity index is 2.16. The first-order valence-electron chi connectivity index (χ1n) is 5.44. The number of nitrogens with one attached hydrogen (secondary N) is 1. The molecule has 0 heterocycles. The first-order chi connectivity index (χ1) is 8.24. The Morgan fingerprint density at radius 2 is 2.18 bits per heavy atom. The summed E-state index contributed by atoms with van der Waals surface area (Å²) >= 11 is 8.88. The lowest BCUT2D eigenvalue weighted by atomic mass is 10.3. The van der Waals surface area contributed by atoms with Crippen LogP contribution in [0, 0.1) is 0 Å². The van der Waals surface area contributed by atoms with Gasteiger partial charge in [-0.1, -0.05) is 12.1 Å². The van der Waals surface area contributed by atoms with Crippen molar-refractivity contribution in [3.8, 4) is 5.75 Å². The van der Waals surface area contributed by atoms with Crippen LogP contribution < -0.4 is 10.1 Å². The van der Waals surface area contributed by atoms with Crippen LogP contribution in [0.15, 0.2) is 28.7 Å². The number of halogens is 2. The average molecular weight is 321 g/mol. The van der Waals surface area contributed by atoms with E-state index in [2.05, 4.69) is 21.2 Å². The first-order valence-corrected chi connectivity index (χ1v) is 6.77. The molecule has 94 valence electrons. The number of benzene rings is 1. The summed E-state index contributed by atoms with van der Waals surface area (Å²) in [6.45, 7) is 0.956. The smallest absolute Gasteiger partial charge is 0.220 e. The SMILES string of the molecule is O=C(CCCCl)NCCOc1ccccc1Br. The normalized spacial score (nSPS) is 10.0. The molecule has 1 aromatic carbocycles. The van der Waals surface area contributed by atoms with Crippen LogP contribution in [-0.2, 0) is 4.79 Å². The van der Waals surface area contributed by atoms with E-state index in [9.17, 15) is 4.79 Å². The maximum absolute atomic E-state index is 11.2. The fraction of sp³-hybridized carbons (Fsp3) is 0.417. The van der Waals surface area contributed by atoms with Gasteiger partial charge in [-0.15, -0.1) is 11.6 Å². The molecule has 0 atom stereocenters. The Hall–Kier alpha value is -0.740. The van der Waals surface area contributed by atoms with Crippen molar-refractivity contribution >= 4 is 33.4 Å². The molecule has 0 aliphatic heterocycles. The summed E-state index contributed by atoms with van der Waals surface area (Å²) in [5.41, 5.74) is 0. The summed E-state index contributed by atoms with van der Waals surface area (Å²) in [5, 5.41) is 2.77. The van der Waals surface area contributed by atoms with E-state index in [0.717, 1.165) is 10.2 Å². The summed E-state index contributed by atoms with van der Waals surface area (Å²) in [4.78, 5) is 11.2. The number of carbonyl (C=O) groups excluding carboxylic acids is 1. The van der Waals surface area contributed by atoms with Gasteiger partial charge in [0.25, 0.3) is 0 Å². The van der Waals surface area contributed by atoms with Gasteiger partial charge in [0, 0.05) is 12.3 Å². The molecule has 17 heavy (non-hydrogen) atoms. The van der Waals surface area contributed by atoms with Gasteiger partial charge in [0.15, 0.2) is 0 Å². The van der Waals surface area contributed by atoms with Crippen molar-refractivity contribution in [1.29, 1.82) is 0 Å². The van der Waals surface area contributed by atoms with Gasteiger partial charge >= 0.3 is 0 Å². The molecule has 0 aliphatic rings. The van der Waals surface area contributed by atoms with Crippen molar-refractivity contribution in [3.05, 3.63) is 28.7 Å². The molecule has 0 saturated carbocycles. The maximum atomic E-state index is 11.2. The zero-order valence-corrected chi connectivity index (χ0v) is 11.8. The maximum Gasteiger partial charge on any atom is 0.220 e. The summed E-state index contributed by atoms with van der Waals surface area (Å²) in [7, 11) is 0. The number of ether oxygens (including phenoxy) is 1. The van der Waals surface area contributed by atoms with E-state index >= 15 is 0 Å². The number of amides is 1. The van der Waals surface area contributed by atoms with Crippen LogP contribution in [0.4, 0.5) is 0 Å². The van der Waals surface area contributed by atoms with Crippen LogP contribution in [0.25, 0.3) is 0 Å². The summed E-state index contributed by atoms with van der Waals surface area (Å²) < 4.78 is 6.41. The molecule has 1 rings (SSSR count). The molecule has 1 amide bonds. The predicted octanol–water partition coefficient (Wildman–Crippen LogP) is 2.96. The number of carbonyl (C=O) groups is 1. The third-order valence-corrected chi connectivity index (χ3v) is 2.98. The molecule has 5 heteroatoms. The molecule has 0 unspecified atom stereocenters. The summed E-state index contributed by atoms with van der Waals surface area (Å²) in [5.74, 6) is 1.31. The van der Waals surface area contributed by atoms with Crippen LogP contribution in [0.3, 0.4) is 0 Å². The Morgan fingerprint density at radius 3 is 2.88 bits per heavy atom. The van der Waals surface area contributed by atoms with E-state index < -0.39 is 0 Å². The van der Waals surface area contributed by atoms with E-state index in [0.29, 0.717) is 31.9 Å². The average Bonchev–Trinajstić information content (AvgIpc) is 2.34. The van der Waals surface area contributed by atoms with Crippen LogP contribution in [-0.4, -0.2) is 24.9 Å². The topological polar surface area (TPSA) is 38.3 Å². The second-order valence-electron chi connectivity index (χ2n) is 3.42. The van der Waals surface area contributed by atoms with Crippen molar-refractivity contribution in [2.75, 3.05) is 19.0 Å². The van der Waals surface area contributed by atoms with Gasteiger partial charge in [0.2, 0.25) is 5.91 Å². The Labute approximate surface area is 115 Å². The lowest BCUT2D eigenvalue weighted by Gasteiger charge is -2.08. The number of alkyl halides is 1. The highest BCUT2D eigenvalue weighted by atomic mass is 79.9. The molecule has 0 radical (unpaired) electrons. The molecule has 0 bridgehead atoms. The minimum Gasteiger partial charge on any atom is -0.491 e. The first kappa shape index (κ1) is 14.3. The minimum absolute atomic E-state index is 0.0152. The number of hydrogen-bond donors (Lipinski definition) is 1. The standard InChI is InChI=1S/C12H15BrClNO2/c13-10-4-1-2-5-11(10)17-9-8-15-12(16)6-3-7-14/h1-2,4-5H,3,6-9H2,(H,15,16). The Kier molecular flexibility index (Phi) is 7.05. The van der Waals surface area contributed by atoms with Crippen LogP contribution in [0.2, 0.25) is 0 Å². The van der Waals surface area contributed by atoms with Gasteiger partial charge in [-0.2, -0.15) is 0 Å². The molecule has 1 aromatic rings. The monoisotopic (exact) mass is 319 g/mol. The van der Waals surface area contributed by atoms with Gasteiger partial charge in [-0.3, -0.25) is 4.79 Å². The lowest BCUT2D eigenvalue weighted by molar-refractivity contribution is -0.121. The highest BCUT2D eigenvalue weighted by molar-refractivity contribution is 9.10. The van der Waals surface area contributed by atoms with Gasteiger partial charge in [0.05, 0.1) is 11.0 Å². The van der Waals surface area contributed by atoms with Gasteiger partial charge in [0.1, 0.15) is 12.4 Å². The zero-order valence-electron chi connectivity index (χ0n) is 9.42. The third-order valence-electron chi connectivity index (χ3n) is 2.06. The molecule has 0 aliphatic carbocycles. The third kappa shape index (κ3) is 5.94. The van der Waals surface area contributed by atoms with Crippen molar-refractivity contribution in [3.63, 3.8) is 0 Å². The van der Waals surface area contributed by atoms with Crippen molar-refractivity contribution in [2.24, 2.45) is 0 Å². The van der Waals surface area contributed by atoms with E-state index in [4.69, 9.17) is 16.3 Å². The fourth-order valence-corrected chi connectivity index (χ4v) is 1.76. The highest BCUT2D eigenvalue weighted by Crippen LogP contribution is 2.23. The molecular weight excluding hydrogens is 305 g/mol. The van der Waals surface area contributed by atoms with Crippen LogP contribution in [0.1, 0.15) is 12.8 Å². The fourth-order valence-electron chi connectivity index (χ4n) is 1.23. The molecule has 0 fully saturated rings. The Bertz CT molecular complexity index is 360. The molecular formula is C12H15BrClNO2. The molecule has 3 nitrogen and oxygen atoms in total. The summed E-state index contributed by atoms with van der Waals surface area (Å²) in [6, 6.07) is 7.61. The predicted molar refractivity (Wildman–Crippen MR) is 72.6 cm³/mol. The number of hydrogen-bond acceptors (Lipinski definition) is 2. The number of para-hydroxylation sites is 1. The van der Waals surface area contributed by atoms with E-state index in [1.165, 1.54) is 0 Å². The van der Waals surface area contributed by atoms with Crippen molar-refractivity contribution in [2.45, 2.75) is 12.8 Å². The van der Waals surface area contributed by atoms with Gasteiger partial charge < -0.3 is 10.1 Å². The molecule has 0 spiro atoms. The Morgan fingerprint density at radius 1 is 1.41 bits per heavy atom. The van der Waals surface area contributed by atoms with E-state index in [1.807, 2.05) is 24.3 Å². The molecule has 1 N–H and O–H groups in total. The quantitative estimate of drug-likeness (QED) is 0.619. The number of rotatable bonds is 7. The zero-order chi connectivity index (χ0) is 12.5. The largest absolute Gasteiger partial charge is 0.491 e. The van der Waals surface area contributed by atoms with Gasteiger partial charge in [-0.25, -0.2) is 0 Å². The van der Waals surface area contributed by atoms with Crippen molar-refractivity contribution in [1.82, 2.24) is 5.32 Å². The minimum atomic E-state index is 0.0152. The van der Waals surface area contributed by atoms with Crippen LogP contribution in [0.5, 0.6) is 5.75 Å². The van der Waals surface area contributed by atoms with Crippen LogP contribution >= 0.6 is 27.5 Å². The second kappa shape index (κ2) is 8.37. The molecule has 0 saturated heterocycles. The van der Waals surface area contributed by atoms with E-state index in [-0.39, 0.29) is 5.91 Å². The second-order valence-corrected chi connectivity index (χ2v) is 4.65. The lowest BCUT2D eigenvalue weighted by Crippen LogP contribution is -2.27.